The zero-order valence-corrected chi connectivity index (χ0v) is 14.2. The fourth-order valence-electron chi connectivity index (χ4n) is 3.12. The maximum absolute atomic E-state index is 12.3. The number of carbonyl (C=O) groups is 1. The summed E-state index contributed by atoms with van der Waals surface area (Å²) in [5, 5.41) is 3.09. The summed E-state index contributed by atoms with van der Waals surface area (Å²) in [5.74, 6) is 0.0968. The highest BCUT2D eigenvalue weighted by molar-refractivity contribution is 5.78. The summed E-state index contributed by atoms with van der Waals surface area (Å²) in [7, 11) is 0. The topological polar surface area (TPSA) is 35.6 Å². The number of nitrogens with zero attached hydrogens (tertiary/aromatic N) is 2. The van der Waals surface area contributed by atoms with Crippen LogP contribution in [0, 0.1) is 0 Å². The van der Waals surface area contributed by atoms with E-state index in [2.05, 4.69) is 39.4 Å². The minimum absolute atomic E-state index is 0.0457. The molecule has 1 heterocycles. The van der Waals surface area contributed by atoms with E-state index in [0.29, 0.717) is 6.54 Å². The summed E-state index contributed by atoms with van der Waals surface area (Å²) < 4.78 is 0. The molecule has 0 spiro atoms. The van der Waals surface area contributed by atoms with E-state index in [1.54, 1.807) is 0 Å². The lowest BCUT2D eigenvalue weighted by atomic mass is 10.1. The van der Waals surface area contributed by atoms with Gasteiger partial charge in [0.1, 0.15) is 0 Å². The molecular weight excluding hydrogens is 298 g/mol. The second-order valence-electron chi connectivity index (χ2n) is 6.30. The molecule has 1 aliphatic heterocycles. The van der Waals surface area contributed by atoms with Crippen LogP contribution in [0.5, 0.6) is 0 Å². The summed E-state index contributed by atoms with van der Waals surface area (Å²) in [6, 6.07) is 20.6. The highest BCUT2D eigenvalue weighted by Crippen LogP contribution is 2.15. The average Bonchev–Trinajstić information content (AvgIpc) is 2.64. The predicted molar refractivity (Wildman–Crippen MR) is 98.1 cm³/mol. The highest BCUT2D eigenvalue weighted by Gasteiger charge is 2.19. The number of benzene rings is 2. The Kier molecular flexibility index (Phi) is 5.49. The first-order chi connectivity index (χ1) is 11.7. The van der Waals surface area contributed by atoms with Crippen LogP contribution in [-0.2, 0) is 4.79 Å². The maximum Gasteiger partial charge on any atom is 0.234 e. The van der Waals surface area contributed by atoms with Crippen LogP contribution < -0.4 is 10.2 Å². The summed E-state index contributed by atoms with van der Waals surface area (Å²) in [5.41, 5.74) is 2.40. The smallest absolute Gasteiger partial charge is 0.234 e. The maximum atomic E-state index is 12.3. The van der Waals surface area contributed by atoms with E-state index in [-0.39, 0.29) is 11.9 Å². The lowest BCUT2D eigenvalue weighted by Crippen LogP contribution is -2.49. The summed E-state index contributed by atoms with van der Waals surface area (Å²) in [6.45, 7) is 6.27. The normalized spacial score (nSPS) is 16.6. The van der Waals surface area contributed by atoms with E-state index in [1.807, 2.05) is 43.3 Å². The van der Waals surface area contributed by atoms with E-state index in [9.17, 15) is 4.79 Å². The Bertz CT molecular complexity index is 636. The van der Waals surface area contributed by atoms with Gasteiger partial charge in [0.25, 0.3) is 0 Å². The monoisotopic (exact) mass is 323 g/mol. The van der Waals surface area contributed by atoms with Gasteiger partial charge in [-0.1, -0.05) is 48.5 Å². The molecule has 3 rings (SSSR count). The molecular formula is C20H25N3O. The number of hydrogen-bond acceptors (Lipinski definition) is 3. The van der Waals surface area contributed by atoms with Crippen molar-refractivity contribution < 1.29 is 4.79 Å². The minimum Gasteiger partial charge on any atom is -0.369 e. The van der Waals surface area contributed by atoms with Gasteiger partial charge in [0.2, 0.25) is 5.91 Å². The molecule has 1 atom stereocenters. The van der Waals surface area contributed by atoms with E-state index in [0.717, 1.165) is 31.7 Å². The Morgan fingerprint density at radius 3 is 2.17 bits per heavy atom. The van der Waals surface area contributed by atoms with E-state index in [4.69, 9.17) is 0 Å². The molecule has 0 aromatic heterocycles. The molecule has 0 unspecified atom stereocenters. The fourth-order valence-corrected chi connectivity index (χ4v) is 3.12. The largest absolute Gasteiger partial charge is 0.369 e. The number of anilines is 1. The van der Waals surface area contributed by atoms with Crippen molar-refractivity contribution in [1.29, 1.82) is 0 Å². The Balaban J connectivity index is 1.45. The molecule has 2 aromatic carbocycles. The molecule has 2 aromatic rings. The van der Waals surface area contributed by atoms with E-state index in [1.165, 1.54) is 5.69 Å². The Morgan fingerprint density at radius 2 is 1.54 bits per heavy atom. The summed E-state index contributed by atoms with van der Waals surface area (Å²) >= 11 is 0. The van der Waals surface area contributed by atoms with Crippen LogP contribution in [0.2, 0.25) is 0 Å². The Labute approximate surface area is 144 Å². The Morgan fingerprint density at radius 1 is 0.958 bits per heavy atom. The number of carbonyl (C=O) groups excluding carboxylic acids is 1. The van der Waals surface area contributed by atoms with Crippen molar-refractivity contribution >= 4 is 11.6 Å². The van der Waals surface area contributed by atoms with Crippen LogP contribution in [0.15, 0.2) is 60.7 Å². The lowest BCUT2D eigenvalue weighted by Gasteiger charge is -2.35. The van der Waals surface area contributed by atoms with Crippen LogP contribution in [0.4, 0.5) is 5.69 Å². The van der Waals surface area contributed by atoms with Gasteiger partial charge in [-0.15, -0.1) is 0 Å². The van der Waals surface area contributed by atoms with Gasteiger partial charge < -0.3 is 10.2 Å². The third-order valence-corrected chi connectivity index (χ3v) is 4.54. The second kappa shape index (κ2) is 7.97. The molecule has 0 radical (unpaired) electrons. The van der Waals surface area contributed by atoms with Crippen LogP contribution in [0.1, 0.15) is 18.5 Å². The SMILES string of the molecule is C[C@H](NC(=O)CN1CCN(c2ccccc2)CC1)c1ccccc1. The third-order valence-electron chi connectivity index (χ3n) is 4.54. The van der Waals surface area contributed by atoms with Gasteiger partial charge in [-0.05, 0) is 24.6 Å². The van der Waals surface area contributed by atoms with Crippen LogP contribution in [0.3, 0.4) is 0 Å². The fraction of sp³-hybridized carbons (Fsp3) is 0.350. The van der Waals surface area contributed by atoms with Crippen LogP contribution in [-0.4, -0.2) is 43.5 Å². The molecule has 0 saturated carbocycles. The molecule has 0 aliphatic carbocycles. The van der Waals surface area contributed by atoms with Gasteiger partial charge in [-0.3, -0.25) is 9.69 Å². The minimum atomic E-state index is 0.0457. The standard InChI is InChI=1S/C20H25N3O/c1-17(18-8-4-2-5-9-18)21-20(24)16-22-12-14-23(15-13-22)19-10-6-3-7-11-19/h2-11,17H,12-16H2,1H3,(H,21,24)/t17-/m0/s1. The Hall–Kier alpha value is -2.33. The van der Waals surface area contributed by atoms with Crippen molar-refractivity contribution in [3.05, 3.63) is 66.2 Å². The van der Waals surface area contributed by atoms with E-state index < -0.39 is 0 Å². The number of para-hydroxylation sites is 1. The van der Waals surface area contributed by atoms with Crippen LogP contribution >= 0.6 is 0 Å². The van der Waals surface area contributed by atoms with Crippen molar-refractivity contribution in [2.45, 2.75) is 13.0 Å². The molecule has 24 heavy (non-hydrogen) atoms. The van der Waals surface area contributed by atoms with Crippen molar-refractivity contribution in [2.75, 3.05) is 37.6 Å². The molecule has 1 saturated heterocycles. The number of rotatable bonds is 5. The van der Waals surface area contributed by atoms with Crippen molar-refractivity contribution in [3.8, 4) is 0 Å². The molecule has 126 valence electrons. The van der Waals surface area contributed by atoms with Crippen LogP contribution in [0.25, 0.3) is 0 Å². The second-order valence-corrected chi connectivity index (χ2v) is 6.30. The molecule has 1 aliphatic rings. The quantitative estimate of drug-likeness (QED) is 0.919. The number of nitrogens with one attached hydrogen (secondary N) is 1. The zero-order chi connectivity index (χ0) is 16.8. The van der Waals surface area contributed by atoms with E-state index >= 15 is 0 Å². The van der Waals surface area contributed by atoms with Gasteiger partial charge >= 0.3 is 0 Å². The lowest BCUT2D eigenvalue weighted by molar-refractivity contribution is -0.123. The van der Waals surface area contributed by atoms with Gasteiger partial charge in [0, 0.05) is 31.9 Å². The van der Waals surface area contributed by atoms with Crippen molar-refractivity contribution in [3.63, 3.8) is 0 Å². The number of piperazine rings is 1. The van der Waals surface area contributed by atoms with Crippen molar-refractivity contribution in [1.82, 2.24) is 10.2 Å². The summed E-state index contributed by atoms with van der Waals surface area (Å²) in [4.78, 5) is 16.9. The number of amides is 1. The highest BCUT2D eigenvalue weighted by atomic mass is 16.2. The summed E-state index contributed by atoms with van der Waals surface area (Å²) in [6.07, 6.45) is 0. The van der Waals surface area contributed by atoms with Gasteiger partial charge in [-0.2, -0.15) is 0 Å². The molecule has 1 fully saturated rings. The third kappa shape index (κ3) is 4.36. The van der Waals surface area contributed by atoms with Gasteiger partial charge in [0.05, 0.1) is 12.6 Å². The molecule has 4 heteroatoms. The molecule has 1 N–H and O–H groups in total. The predicted octanol–water partition coefficient (Wildman–Crippen LogP) is 2.69. The molecule has 1 amide bonds. The average molecular weight is 323 g/mol. The molecule has 0 bridgehead atoms. The van der Waals surface area contributed by atoms with Gasteiger partial charge in [-0.25, -0.2) is 0 Å². The van der Waals surface area contributed by atoms with Crippen molar-refractivity contribution in [2.24, 2.45) is 0 Å². The molecule has 4 nitrogen and oxygen atoms in total. The van der Waals surface area contributed by atoms with Gasteiger partial charge in [0.15, 0.2) is 0 Å². The first-order valence-corrected chi connectivity index (χ1v) is 8.59. The zero-order valence-electron chi connectivity index (χ0n) is 14.2. The first-order valence-electron chi connectivity index (χ1n) is 8.59. The number of hydrogen-bond donors (Lipinski definition) is 1. The first kappa shape index (κ1) is 16.5.